The van der Waals surface area contributed by atoms with Gasteiger partial charge in [-0.15, -0.1) is 0 Å². The fourth-order valence-corrected chi connectivity index (χ4v) is 2.16. The average molecular weight is 283 g/mol. The van der Waals surface area contributed by atoms with Crippen molar-refractivity contribution < 1.29 is 8.78 Å². The molecule has 0 amide bonds. The van der Waals surface area contributed by atoms with Crippen LogP contribution in [0.15, 0.2) is 30.5 Å². The number of aromatic nitrogens is 1. The van der Waals surface area contributed by atoms with Crippen LogP contribution < -0.4 is 5.32 Å². The number of rotatable bonds is 3. The summed E-state index contributed by atoms with van der Waals surface area (Å²) < 4.78 is 27.7. The zero-order valence-corrected chi connectivity index (χ0v) is 11.3. The van der Waals surface area contributed by atoms with Crippen molar-refractivity contribution in [1.82, 2.24) is 10.3 Å². The van der Waals surface area contributed by atoms with Crippen molar-refractivity contribution in [3.8, 4) is 0 Å². The molecule has 0 aliphatic rings. The third-order valence-electron chi connectivity index (χ3n) is 2.97. The molecule has 0 aliphatic carbocycles. The van der Waals surface area contributed by atoms with Gasteiger partial charge in [-0.05, 0) is 31.7 Å². The van der Waals surface area contributed by atoms with Crippen molar-refractivity contribution >= 4 is 11.6 Å². The van der Waals surface area contributed by atoms with Gasteiger partial charge in [0.25, 0.3) is 0 Å². The highest BCUT2D eigenvalue weighted by molar-refractivity contribution is 6.31. The highest BCUT2D eigenvalue weighted by Crippen LogP contribution is 2.29. The van der Waals surface area contributed by atoms with Gasteiger partial charge >= 0.3 is 0 Å². The second-order valence-corrected chi connectivity index (χ2v) is 4.60. The Morgan fingerprint density at radius 1 is 1.21 bits per heavy atom. The van der Waals surface area contributed by atoms with Crippen LogP contribution in [0.3, 0.4) is 0 Å². The lowest BCUT2D eigenvalue weighted by atomic mass is 10.0. The molecule has 0 spiro atoms. The van der Waals surface area contributed by atoms with Gasteiger partial charge in [0, 0.05) is 11.8 Å². The summed E-state index contributed by atoms with van der Waals surface area (Å²) in [5.41, 5.74) is 0.920. The van der Waals surface area contributed by atoms with Crippen molar-refractivity contribution in [2.45, 2.75) is 13.0 Å². The van der Waals surface area contributed by atoms with Crippen LogP contribution in [0.4, 0.5) is 8.78 Å². The highest BCUT2D eigenvalue weighted by Gasteiger charge is 2.22. The lowest BCUT2D eigenvalue weighted by Gasteiger charge is -2.18. The fraction of sp³-hybridized carbons (Fsp3) is 0.214. The second-order valence-electron chi connectivity index (χ2n) is 4.19. The molecule has 2 nitrogen and oxygen atoms in total. The summed E-state index contributed by atoms with van der Waals surface area (Å²) in [6.45, 7) is 1.52. The molecule has 0 saturated carbocycles. The number of hydrogen-bond donors (Lipinski definition) is 1. The summed E-state index contributed by atoms with van der Waals surface area (Å²) in [5.74, 6) is -1.72. The lowest BCUT2D eigenvalue weighted by molar-refractivity contribution is 0.481. The van der Waals surface area contributed by atoms with E-state index in [-0.39, 0.29) is 11.1 Å². The molecule has 1 heterocycles. The summed E-state index contributed by atoms with van der Waals surface area (Å²) in [4.78, 5) is 4.14. The first-order valence-electron chi connectivity index (χ1n) is 5.78. The average Bonchev–Trinajstić information content (AvgIpc) is 2.41. The maximum atomic E-state index is 14.0. The van der Waals surface area contributed by atoms with Gasteiger partial charge in [0.1, 0.15) is 0 Å². The number of nitrogens with one attached hydrogen (secondary N) is 1. The molecule has 1 atom stereocenters. The van der Waals surface area contributed by atoms with Crippen LogP contribution in [-0.2, 0) is 0 Å². The van der Waals surface area contributed by atoms with E-state index in [4.69, 9.17) is 11.6 Å². The molecule has 19 heavy (non-hydrogen) atoms. The molecule has 2 aromatic rings. The topological polar surface area (TPSA) is 24.9 Å². The zero-order valence-electron chi connectivity index (χ0n) is 10.5. The number of benzene rings is 1. The van der Waals surface area contributed by atoms with Crippen molar-refractivity contribution in [3.63, 3.8) is 0 Å². The number of aryl methyl sites for hydroxylation is 1. The first kappa shape index (κ1) is 13.9. The quantitative estimate of drug-likeness (QED) is 0.930. The van der Waals surface area contributed by atoms with E-state index in [1.54, 1.807) is 31.4 Å². The molecule has 0 saturated heterocycles. The monoisotopic (exact) mass is 282 g/mol. The zero-order chi connectivity index (χ0) is 14.0. The molecule has 5 heteroatoms. The van der Waals surface area contributed by atoms with E-state index in [9.17, 15) is 8.78 Å². The summed E-state index contributed by atoms with van der Waals surface area (Å²) in [7, 11) is 1.65. The smallest absolute Gasteiger partial charge is 0.164 e. The van der Waals surface area contributed by atoms with Crippen LogP contribution in [0, 0.1) is 18.6 Å². The summed E-state index contributed by atoms with van der Waals surface area (Å²) in [6, 6.07) is 5.83. The Morgan fingerprint density at radius 2 is 1.95 bits per heavy atom. The predicted molar refractivity (Wildman–Crippen MR) is 71.2 cm³/mol. The van der Waals surface area contributed by atoms with Crippen LogP contribution in [0.5, 0.6) is 0 Å². The van der Waals surface area contributed by atoms with Crippen molar-refractivity contribution in [3.05, 3.63) is 63.9 Å². The Kier molecular flexibility index (Phi) is 4.12. The van der Waals surface area contributed by atoms with Gasteiger partial charge in [-0.2, -0.15) is 0 Å². The minimum atomic E-state index is -0.874. The molecule has 0 bridgehead atoms. The molecule has 1 aromatic heterocycles. The molecule has 0 aliphatic heterocycles. The largest absolute Gasteiger partial charge is 0.308 e. The van der Waals surface area contributed by atoms with Gasteiger partial charge in [0.2, 0.25) is 0 Å². The van der Waals surface area contributed by atoms with Crippen LogP contribution >= 0.6 is 11.6 Å². The molecule has 0 fully saturated rings. The summed E-state index contributed by atoms with van der Waals surface area (Å²) >= 11 is 6.05. The molecule has 0 radical (unpaired) electrons. The highest BCUT2D eigenvalue weighted by atomic mass is 35.5. The van der Waals surface area contributed by atoms with E-state index in [1.807, 2.05) is 0 Å². The van der Waals surface area contributed by atoms with Crippen molar-refractivity contribution in [1.29, 1.82) is 0 Å². The van der Waals surface area contributed by atoms with Gasteiger partial charge in [0.15, 0.2) is 11.6 Å². The minimum absolute atomic E-state index is 0.186. The number of pyridine rings is 1. The standard InChI is InChI=1S/C14H13ClF2N2/c1-8-5-6-9(12(17)11(8)16)13(18-2)14-10(15)4-3-7-19-14/h3-7,13,18H,1-2H3. The third-order valence-corrected chi connectivity index (χ3v) is 3.28. The van der Waals surface area contributed by atoms with E-state index in [0.717, 1.165) is 0 Å². The Labute approximate surface area is 115 Å². The van der Waals surface area contributed by atoms with Crippen LogP contribution in [0.25, 0.3) is 0 Å². The first-order chi connectivity index (χ1) is 9.06. The molecular weight excluding hydrogens is 270 g/mol. The second kappa shape index (κ2) is 5.63. The third kappa shape index (κ3) is 2.60. The molecule has 2 rings (SSSR count). The Balaban J connectivity index is 2.55. The number of halogens is 3. The molecule has 100 valence electrons. The van der Waals surface area contributed by atoms with E-state index in [1.165, 1.54) is 13.0 Å². The van der Waals surface area contributed by atoms with E-state index < -0.39 is 17.7 Å². The predicted octanol–water partition coefficient (Wildman–Crippen LogP) is 3.63. The number of nitrogens with zero attached hydrogens (tertiary/aromatic N) is 1. The first-order valence-corrected chi connectivity index (χ1v) is 6.16. The number of hydrogen-bond acceptors (Lipinski definition) is 2. The Bertz CT molecular complexity index is 602. The maximum absolute atomic E-state index is 14.0. The molecule has 1 unspecified atom stereocenters. The van der Waals surface area contributed by atoms with Crippen LogP contribution in [0.1, 0.15) is 22.9 Å². The Morgan fingerprint density at radius 3 is 2.58 bits per heavy atom. The SMILES string of the molecule is CNC(c1ccc(C)c(F)c1F)c1ncccc1Cl. The van der Waals surface area contributed by atoms with Crippen molar-refractivity contribution in [2.24, 2.45) is 0 Å². The Hall–Kier alpha value is -1.52. The van der Waals surface area contributed by atoms with Crippen molar-refractivity contribution in [2.75, 3.05) is 7.05 Å². The summed E-state index contributed by atoms with van der Waals surface area (Å²) in [5, 5.41) is 3.31. The molecule has 1 aromatic carbocycles. The van der Waals surface area contributed by atoms with E-state index in [2.05, 4.69) is 10.3 Å². The van der Waals surface area contributed by atoms with Gasteiger partial charge in [-0.25, -0.2) is 8.78 Å². The normalized spacial score (nSPS) is 12.5. The maximum Gasteiger partial charge on any atom is 0.164 e. The molecular formula is C14H13ClF2N2. The van der Waals surface area contributed by atoms with Crippen LogP contribution in [-0.4, -0.2) is 12.0 Å². The fourth-order valence-electron chi connectivity index (χ4n) is 1.93. The van der Waals surface area contributed by atoms with Gasteiger partial charge < -0.3 is 5.32 Å². The van der Waals surface area contributed by atoms with Gasteiger partial charge in [0.05, 0.1) is 16.8 Å². The minimum Gasteiger partial charge on any atom is -0.308 e. The van der Waals surface area contributed by atoms with Gasteiger partial charge in [-0.1, -0.05) is 23.7 Å². The van der Waals surface area contributed by atoms with Gasteiger partial charge in [-0.3, -0.25) is 4.98 Å². The van der Waals surface area contributed by atoms with Crippen LogP contribution in [0.2, 0.25) is 5.02 Å². The molecule has 1 N–H and O–H groups in total. The lowest BCUT2D eigenvalue weighted by Crippen LogP contribution is -2.21. The van der Waals surface area contributed by atoms with E-state index in [0.29, 0.717) is 10.7 Å². The summed E-state index contributed by atoms with van der Waals surface area (Å²) in [6.07, 6.45) is 1.56. The van der Waals surface area contributed by atoms with E-state index >= 15 is 0 Å².